The van der Waals surface area contributed by atoms with Crippen molar-refractivity contribution in [3.63, 3.8) is 0 Å². The molecule has 0 fully saturated rings. The number of ether oxygens (including phenoxy) is 1. The average molecular weight is 340 g/mol. The molecule has 2 rings (SSSR count). The third-order valence-corrected chi connectivity index (χ3v) is 4.47. The van der Waals surface area contributed by atoms with E-state index in [1.807, 2.05) is 43.6 Å². The first-order chi connectivity index (χ1) is 12.0. The number of carbonyl (C=O) groups excluding carboxylic acids is 1. The van der Waals surface area contributed by atoms with Gasteiger partial charge < -0.3 is 4.74 Å². The SMILES string of the molecule is CCCc1cnc(-c2ccc([C@@H](C)C(=O)OCC(C)CC)cc2)nc1. The minimum Gasteiger partial charge on any atom is -0.465 e. The summed E-state index contributed by atoms with van der Waals surface area (Å²) in [7, 11) is 0. The Morgan fingerprint density at radius 3 is 2.28 bits per heavy atom. The van der Waals surface area contributed by atoms with Crippen molar-refractivity contribution in [2.45, 2.75) is 52.9 Å². The number of hydrogen-bond donors (Lipinski definition) is 0. The summed E-state index contributed by atoms with van der Waals surface area (Å²) in [6, 6.07) is 7.83. The highest BCUT2D eigenvalue weighted by Crippen LogP contribution is 2.22. The number of carbonyl (C=O) groups is 1. The molecule has 0 spiro atoms. The highest BCUT2D eigenvalue weighted by Gasteiger charge is 2.17. The highest BCUT2D eigenvalue weighted by atomic mass is 16.5. The number of benzene rings is 1. The molecule has 0 bridgehead atoms. The van der Waals surface area contributed by atoms with Crippen LogP contribution in [0.25, 0.3) is 11.4 Å². The maximum absolute atomic E-state index is 12.2. The second-order valence-electron chi connectivity index (χ2n) is 6.65. The molecule has 0 aliphatic carbocycles. The first-order valence-corrected chi connectivity index (χ1v) is 9.13. The van der Waals surface area contributed by atoms with Crippen molar-refractivity contribution in [3.05, 3.63) is 47.8 Å². The van der Waals surface area contributed by atoms with E-state index in [-0.39, 0.29) is 11.9 Å². The van der Waals surface area contributed by atoms with Crippen molar-refractivity contribution < 1.29 is 9.53 Å². The summed E-state index contributed by atoms with van der Waals surface area (Å²) < 4.78 is 5.40. The molecular weight excluding hydrogens is 312 g/mol. The van der Waals surface area contributed by atoms with Crippen molar-refractivity contribution >= 4 is 5.97 Å². The van der Waals surface area contributed by atoms with Gasteiger partial charge in [0.15, 0.2) is 5.82 Å². The molecule has 25 heavy (non-hydrogen) atoms. The first kappa shape index (κ1) is 19.1. The maximum Gasteiger partial charge on any atom is 0.313 e. The maximum atomic E-state index is 12.2. The van der Waals surface area contributed by atoms with E-state index in [1.54, 1.807) is 0 Å². The molecule has 0 radical (unpaired) electrons. The van der Waals surface area contributed by atoms with E-state index in [0.717, 1.165) is 36.0 Å². The minimum atomic E-state index is -0.272. The van der Waals surface area contributed by atoms with Crippen LogP contribution in [-0.2, 0) is 16.0 Å². The van der Waals surface area contributed by atoms with Gasteiger partial charge in [-0.25, -0.2) is 9.97 Å². The highest BCUT2D eigenvalue weighted by molar-refractivity contribution is 5.78. The molecule has 134 valence electrons. The zero-order chi connectivity index (χ0) is 18.2. The Bertz CT molecular complexity index is 665. The van der Waals surface area contributed by atoms with Gasteiger partial charge in [0.1, 0.15) is 0 Å². The minimum absolute atomic E-state index is 0.173. The van der Waals surface area contributed by atoms with Gasteiger partial charge in [-0.2, -0.15) is 0 Å². The summed E-state index contributed by atoms with van der Waals surface area (Å²) in [4.78, 5) is 21.0. The lowest BCUT2D eigenvalue weighted by atomic mass is 9.99. The number of hydrogen-bond acceptors (Lipinski definition) is 4. The van der Waals surface area contributed by atoms with Gasteiger partial charge in [-0.05, 0) is 30.4 Å². The number of rotatable bonds is 8. The van der Waals surface area contributed by atoms with E-state index >= 15 is 0 Å². The molecule has 0 saturated heterocycles. The summed E-state index contributed by atoms with van der Waals surface area (Å²) in [5.74, 6) is 0.656. The molecule has 0 aliphatic heterocycles. The standard InChI is InChI=1S/C21H28N2O2/c1-5-7-17-12-22-20(23-13-17)19-10-8-18(9-11-19)16(4)21(24)25-14-15(3)6-2/h8-13,15-16H,5-7,14H2,1-4H3/t15?,16-/m1/s1. The lowest BCUT2D eigenvalue weighted by Gasteiger charge is -2.14. The van der Waals surface area contributed by atoms with Gasteiger partial charge in [0.05, 0.1) is 12.5 Å². The van der Waals surface area contributed by atoms with E-state index in [2.05, 4.69) is 30.7 Å². The van der Waals surface area contributed by atoms with Gasteiger partial charge in [-0.3, -0.25) is 4.79 Å². The third-order valence-electron chi connectivity index (χ3n) is 4.47. The second-order valence-corrected chi connectivity index (χ2v) is 6.65. The Morgan fingerprint density at radius 1 is 1.08 bits per heavy atom. The summed E-state index contributed by atoms with van der Waals surface area (Å²) >= 11 is 0. The number of aryl methyl sites for hydroxylation is 1. The molecule has 1 heterocycles. The fourth-order valence-corrected chi connectivity index (χ4v) is 2.45. The quantitative estimate of drug-likeness (QED) is 0.648. The predicted octanol–water partition coefficient (Wildman–Crippen LogP) is 4.79. The third kappa shape index (κ3) is 5.38. The Labute approximate surface area is 150 Å². The van der Waals surface area contributed by atoms with Crippen LogP contribution in [0.2, 0.25) is 0 Å². The van der Waals surface area contributed by atoms with Crippen LogP contribution in [0.4, 0.5) is 0 Å². The zero-order valence-electron chi connectivity index (χ0n) is 15.7. The predicted molar refractivity (Wildman–Crippen MR) is 100 cm³/mol. The lowest BCUT2D eigenvalue weighted by Crippen LogP contribution is -2.16. The van der Waals surface area contributed by atoms with Crippen LogP contribution in [0.3, 0.4) is 0 Å². The van der Waals surface area contributed by atoms with Crippen LogP contribution in [0.15, 0.2) is 36.7 Å². The molecule has 0 saturated carbocycles. The van der Waals surface area contributed by atoms with Crippen LogP contribution in [0.1, 0.15) is 57.6 Å². The summed E-state index contributed by atoms with van der Waals surface area (Å²) in [5.41, 5.74) is 3.05. The van der Waals surface area contributed by atoms with E-state index in [4.69, 9.17) is 4.74 Å². The van der Waals surface area contributed by atoms with Gasteiger partial charge >= 0.3 is 5.97 Å². The van der Waals surface area contributed by atoms with Crippen molar-refractivity contribution in [3.8, 4) is 11.4 Å². The smallest absolute Gasteiger partial charge is 0.313 e. The monoisotopic (exact) mass is 340 g/mol. The lowest BCUT2D eigenvalue weighted by molar-refractivity contribution is -0.146. The average Bonchev–Trinajstić information content (AvgIpc) is 2.66. The molecule has 0 aliphatic rings. The molecular formula is C21H28N2O2. The first-order valence-electron chi connectivity index (χ1n) is 9.13. The molecule has 2 aromatic rings. The van der Waals surface area contributed by atoms with Crippen LogP contribution in [0.5, 0.6) is 0 Å². The number of esters is 1. The topological polar surface area (TPSA) is 52.1 Å². The van der Waals surface area contributed by atoms with Crippen molar-refractivity contribution in [2.24, 2.45) is 5.92 Å². The molecule has 1 aromatic heterocycles. The Morgan fingerprint density at radius 2 is 1.72 bits per heavy atom. The molecule has 4 heteroatoms. The number of aromatic nitrogens is 2. The van der Waals surface area contributed by atoms with Crippen LogP contribution >= 0.6 is 0 Å². The normalized spacial score (nSPS) is 13.3. The Hall–Kier alpha value is -2.23. The van der Waals surface area contributed by atoms with Gasteiger partial charge in [0, 0.05) is 18.0 Å². The fraction of sp³-hybridized carbons (Fsp3) is 0.476. The van der Waals surface area contributed by atoms with Crippen LogP contribution < -0.4 is 0 Å². The molecule has 4 nitrogen and oxygen atoms in total. The van der Waals surface area contributed by atoms with E-state index in [0.29, 0.717) is 18.3 Å². The number of nitrogens with zero attached hydrogens (tertiary/aromatic N) is 2. The largest absolute Gasteiger partial charge is 0.465 e. The zero-order valence-corrected chi connectivity index (χ0v) is 15.7. The van der Waals surface area contributed by atoms with Gasteiger partial charge in [-0.1, -0.05) is 57.9 Å². The van der Waals surface area contributed by atoms with Crippen molar-refractivity contribution in [2.75, 3.05) is 6.61 Å². The van der Waals surface area contributed by atoms with Crippen molar-refractivity contribution in [1.29, 1.82) is 0 Å². The summed E-state index contributed by atoms with van der Waals surface area (Å²) in [6.07, 6.45) is 6.86. The van der Waals surface area contributed by atoms with Gasteiger partial charge in [0.2, 0.25) is 0 Å². The van der Waals surface area contributed by atoms with Crippen molar-refractivity contribution in [1.82, 2.24) is 9.97 Å². The molecule has 2 atom stereocenters. The van der Waals surface area contributed by atoms with Gasteiger partial charge in [0.25, 0.3) is 0 Å². The Balaban J connectivity index is 2.02. The molecule has 1 aromatic carbocycles. The summed E-state index contributed by atoms with van der Waals surface area (Å²) in [6.45, 7) is 8.68. The van der Waals surface area contributed by atoms with E-state index in [9.17, 15) is 4.79 Å². The Kier molecular flexibility index (Phi) is 7.11. The van der Waals surface area contributed by atoms with Crippen LogP contribution in [0, 0.1) is 5.92 Å². The van der Waals surface area contributed by atoms with E-state index in [1.165, 1.54) is 0 Å². The molecule has 1 unspecified atom stereocenters. The van der Waals surface area contributed by atoms with Crippen LogP contribution in [-0.4, -0.2) is 22.5 Å². The molecule has 0 amide bonds. The summed E-state index contributed by atoms with van der Waals surface area (Å²) in [5, 5.41) is 0. The second kappa shape index (κ2) is 9.30. The fourth-order valence-electron chi connectivity index (χ4n) is 2.45. The van der Waals surface area contributed by atoms with E-state index < -0.39 is 0 Å². The molecule has 0 N–H and O–H groups in total. The van der Waals surface area contributed by atoms with Gasteiger partial charge in [-0.15, -0.1) is 0 Å².